The van der Waals surface area contributed by atoms with Crippen LogP contribution in [0.25, 0.3) is 0 Å². The van der Waals surface area contributed by atoms with Gasteiger partial charge in [-0.25, -0.2) is 8.42 Å². The zero-order valence-electron chi connectivity index (χ0n) is 7.86. The molecule has 1 heterocycles. The molecule has 0 aliphatic carbocycles. The Morgan fingerprint density at radius 3 is 3.00 bits per heavy atom. The molecule has 0 radical (unpaired) electrons. The van der Waals surface area contributed by atoms with Gasteiger partial charge >= 0.3 is 0 Å². The fourth-order valence-electron chi connectivity index (χ4n) is 1.38. The van der Waals surface area contributed by atoms with E-state index in [2.05, 4.69) is 11.9 Å². The van der Waals surface area contributed by atoms with Crippen LogP contribution in [0.5, 0.6) is 0 Å². The molecule has 0 aromatic heterocycles. The Hall–Kier alpha value is -0.390. The zero-order chi connectivity index (χ0) is 9.90. The van der Waals surface area contributed by atoms with Gasteiger partial charge in [0.25, 0.3) is 0 Å². The summed E-state index contributed by atoms with van der Waals surface area (Å²) < 4.78 is 24.6. The van der Waals surface area contributed by atoms with Crippen molar-refractivity contribution < 1.29 is 8.42 Å². The Morgan fingerprint density at radius 2 is 2.38 bits per heavy atom. The number of sulfonamides is 1. The second kappa shape index (κ2) is 4.21. The third-order valence-corrected chi connectivity index (χ3v) is 3.86. The topological polar surface area (TPSA) is 49.4 Å². The van der Waals surface area contributed by atoms with Crippen molar-refractivity contribution in [2.45, 2.75) is 13.0 Å². The summed E-state index contributed by atoms with van der Waals surface area (Å²) >= 11 is 0. The normalized spacial score (nSPS) is 29.5. The highest BCUT2D eigenvalue weighted by Gasteiger charge is 2.25. The Labute approximate surface area is 79.7 Å². The molecule has 1 N–H and O–H groups in total. The standard InChI is InChI=1S/C8H16N2O2S/c1-3-5-10-7-8(2)9-4-6-13(10,11)12/h3,8-9H,1,4-7H2,2H3. The van der Waals surface area contributed by atoms with Crippen molar-refractivity contribution in [2.24, 2.45) is 0 Å². The first-order valence-electron chi connectivity index (χ1n) is 4.38. The number of hydrogen-bond donors (Lipinski definition) is 1. The van der Waals surface area contributed by atoms with E-state index in [9.17, 15) is 8.42 Å². The van der Waals surface area contributed by atoms with Crippen LogP contribution in [-0.2, 0) is 10.0 Å². The van der Waals surface area contributed by atoms with Crippen molar-refractivity contribution in [3.8, 4) is 0 Å². The van der Waals surface area contributed by atoms with Crippen LogP contribution in [0.2, 0.25) is 0 Å². The fourth-order valence-corrected chi connectivity index (χ4v) is 2.80. The average molecular weight is 204 g/mol. The zero-order valence-corrected chi connectivity index (χ0v) is 8.68. The van der Waals surface area contributed by atoms with Gasteiger partial charge in [-0.15, -0.1) is 6.58 Å². The van der Waals surface area contributed by atoms with Gasteiger partial charge in [-0.2, -0.15) is 4.31 Å². The lowest BCUT2D eigenvalue weighted by Crippen LogP contribution is -2.37. The van der Waals surface area contributed by atoms with Crippen LogP contribution in [0.3, 0.4) is 0 Å². The summed E-state index contributed by atoms with van der Waals surface area (Å²) in [5.41, 5.74) is 0. The minimum Gasteiger partial charge on any atom is -0.312 e. The molecule has 0 bridgehead atoms. The number of rotatable bonds is 2. The van der Waals surface area contributed by atoms with Crippen LogP contribution < -0.4 is 5.32 Å². The average Bonchev–Trinajstić information content (AvgIpc) is 2.13. The Bertz CT molecular complexity index is 274. The smallest absolute Gasteiger partial charge is 0.215 e. The monoisotopic (exact) mass is 204 g/mol. The van der Waals surface area contributed by atoms with Gasteiger partial charge < -0.3 is 5.32 Å². The maximum absolute atomic E-state index is 11.6. The summed E-state index contributed by atoms with van der Waals surface area (Å²) in [4.78, 5) is 0. The van der Waals surface area contributed by atoms with E-state index in [1.807, 2.05) is 6.92 Å². The molecule has 5 heteroatoms. The molecule has 76 valence electrons. The second-order valence-corrected chi connectivity index (χ2v) is 5.37. The lowest BCUT2D eigenvalue weighted by molar-refractivity contribution is 0.409. The first kappa shape index (κ1) is 10.7. The SMILES string of the molecule is C=CCN1CC(C)NCCS1(=O)=O. The molecule has 1 aliphatic heterocycles. The largest absolute Gasteiger partial charge is 0.312 e. The third-order valence-electron chi connectivity index (χ3n) is 2.06. The molecule has 1 saturated heterocycles. The van der Waals surface area contributed by atoms with Gasteiger partial charge in [-0.3, -0.25) is 0 Å². The molecule has 4 nitrogen and oxygen atoms in total. The van der Waals surface area contributed by atoms with Gasteiger partial charge in [0.05, 0.1) is 5.75 Å². The van der Waals surface area contributed by atoms with Crippen LogP contribution in [0.15, 0.2) is 12.7 Å². The highest BCUT2D eigenvalue weighted by molar-refractivity contribution is 7.89. The van der Waals surface area contributed by atoms with Crippen molar-refractivity contribution >= 4 is 10.0 Å². The van der Waals surface area contributed by atoms with Gasteiger partial charge in [-0.05, 0) is 6.92 Å². The van der Waals surface area contributed by atoms with E-state index in [1.54, 1.807) is 6.08 Å². The van der Waals surface area contributed by atoms with E-state index in [4.69, 9.17) is 0 Å². The van der Waals surface area contributed by atoms with Crippen LogP contribution in [0.4, 0.5) is 0 Å². The Kier molecular flexibility index (Phi) is 3.47. The van der Waals surface area contributed by atoms with Gasteiger partial charge in [0, 0.05) is 25.7 Å². The molecular weight excluding hydrogens is 188 g/mol. The van der Waals surface area contributed by atoms with E-state index in [0.717, 1.165) is 0 Å². The molecule has 0 saturated carbocycles. The van der Waals surface area contributed by atoms with Crippen molar-refractivity contribution in [3.63, 3.8) is 0 Å². The minimum absolute atomic E-state index is 0.186. The Balaban J connectivity index is 2.78. The van der Waals surface area contributed by atoms with Gasteiger partial charge in [-0.1, -0.05) is 6.08 Å². The van der Waals surface area contributed by atoms with Crippen molar-refractivity contribution in [2.75, 3.05) is 25.4 Å². The van der Waals surface area contributed by atoms with E-state index in [-0.39, 0.29) is 11.8 Å². The Morgan fingerprint density at radius 1 is 1.69 bits per heavy atom. The molecular formula is C8H16N2O2S. The van der Waals surface area contributed by atoms with Crippen LogP contribution in [-0.4, -0.2) is 44.2 Å². The lowest BCUT2D eigenvalue weighted by atomic mass is 10.3. The molecule has 0 aromatic rings. The van der Waals surface area contributed by atoms with Crippen LogP contribution in [0.1, 0.15) is 6.92 Å². The number of nitrogens with one attached hydrogen (secondary N) is 1. The van der Waals surface area contributed by atoms with E-state index >= 15 is 0 Å². The third kappa shape index (κ3) is 2.79. The van der Waals surface area contributed by atoms with E-state index in [0.29, 0.717) is 19.6 Å². The lowest BCUT2D eigenvalue weighted by Gasteiger charge is -2.19. The van der Waals surface area contributed by atoms with Crippen molar-refractivity contribution in [1.82, 2.24) is 9.62 Å². The van der Waals surface area contributed by atoms with Gasteiger partial charge in [0.2, 0.25) is 10.0 Å². The van der Waals surface area contributed by atoms with E-state index in [1.165, 1.54) is 4.31 Å². The molecule has 1 aliphatic rings. The van der Waals surface area contributed by atoms with Crippen LogP contribution in [0, 0.1) is 0 Å². The quantitative estimate of drug-likeness (QED) is 0.634. The van der Waals surface area contributed by atoms with Gasteiger partial charge in [0.15, 0.2) is 0 Å². The number of nitrogens with zero attached hydrogens (tertiary/aromatic N) is 1. The summed E-state index contributed by atoms with van der Waals surface area (Å²) in [6.07, 6.45) is 1.62. The summed E-state index contributed by atoms with van der Waals surface area (Å²) in [5, 5.41) is 3.13. The molecule has 1 unspecified atom stereocenters. The molecule has 0 amide bonds. The fraction of sp³-hybridized carbons (Fsp3) is 0.750. The van der Waals surface area contributed by atoms with E-state index < -0.39 is 10.0 Å². The highest BCUT2D eigenvalue weighted by Crippen LogP contribution is 2.06. The van der Waals surface area contributed by atoms with Gasteiger partial charge in [0.1, 0.15) is 0 Å². The second-order valence-electron chi connectivity index (χ2n) is 3.28. The predicted octanol–water partition coefficient (Wildman–Crippen LogP) is -0.204. The summed E-state index contributed by atoms with van der Waals surface area (Å²) in [6, 6.07) is 0.220. The molecule has 1 rings (SSSR count). The van der Waals surface area contributed by atoms with Crippen molar-refractivity contribution in [3.05, 3.63) is 12.7 Å². The predicted molar refractivity (Wildman–Crippen MR) is 53.0 cm³/mol. The maximum Gasteiger partial charge on any atom is 0.215 e. The summed E-state index contributed by atoms with van der Waals surface area (Å²) in [5.74, 6) is 0.186. The molecule has 0 spiro atoms. The summed E-state index contributed by atoms with van der Waals surface area (Å²) in [6.45, 7) is 7.02. The first-order chi connectivity index (χ1) is 6.06. The number of hydrogen-bond acceptors (Lipinski definition) is 3. The molecule has 1 atom stereocenters. The molecule has 1 fully saturated rings. The minimum atomic E-state index is -3.06. The summed E-state index contributed by atoms with van der Waals surface area (Å²) in [7, 11) is -3.06. The first-order valence-corrected chi connectivity index (χ1v) is 5.99. The maximum atomic E-state index is 11.6. The van der Waals surface area contributed by atoms with Crippen molar-refractivity contribution in [1.29, 1.82) is 0 Å². The van der Waals surface area contributed by atoms with Crippen LogP contribution >= 0.6 is 0 Å². The molecule has 0 aromatic carbocycles. The molecule has 13 heavy (non-hydrogen) atoms. The highest BCUT2D eigenvalue weighted by atomic mass is 32.2.